The molecule has 8 aliphatic rings. The van der Waals surface area contributed by atoms with Crippen molar-refractivity contribution >= 4 is 35.0 Å². The number of halogens is 2. The molecule has 250 valence electrons. The lowest BCUT2D eigenvalue weighted by molar-refractivity contribution is 0.0339. The summed E-state index contributed by atoms with van der Waals surface area (Å²) >= 11 is 12.3. The van der Waals surface area contributed by atoms with E-state index in [0.29, 0.717) is 10.3 Å². The second-order valence-electron chi connectivity index (χ2n) is 15.8. The van der Waals surface area contributed by atoms with Gasteiger partial charge in [-0.1, -0.05) is 23.2 Å². The smallest absolute Gasteiger partial charge is 0.253 e. The van der Waals surface area contributed by atoms with Crippen LogP contribution < -0.4 is 16.0 Å². The highest BCUT2D eigenvalue weighted by atomic mass is 35.5. The molecule has 4 aliphatic carbocycles. The molecule has 12 heteroatoms. The van der Waals surface area contributed by atoms with Crippen LogP contribution in [0.4, 0.5) is 0 Å². The van der Waals surface area contributed by atoms with Gasteiger partial charge in [0.1, 0.15) is 10.3 Å². The molecule has 0 unspecified atom stereocenters. The van der Waals surface area contributed by atoms with Crippen LogP contribution in [0.25, 0.3) is 22.5 Å². The molecule has 4 spiro atoms. The Morgan fingerprint density at radius 2 is 1.16 bits per heavy atom. The minimum Gasteiger partial charge on any atom is -0.357 e. The maximum Gasteiger partial charge on any atom is 0.253 e. The van der Waals surface area contributed by atoms with Crippen LogP contribution in [0.15, 0.2) is 24.5 Å². The first-order chi connectivity index (χ1) is 23.7. The summed E-state index contributed by atoms with van der Waals surface area (Å²) in [5.41, 5.74) is 13.2. The molecule has 10 nitrogen and oxygen atoms in total. The predicted molar refractivity (Wildman–Crippen MR) is 185 cm³/mol. The van der Waals surface area contributed by atoms with Gasteiger partial charge >= 0.3 is 0 Å². The monoisotopic (exact) mass is 694 g/mol. The summed E-state index contributed by atoms with van der Waals surface area (Å²) in [6.07, 6.45) is 11.6. The summed E-state index contributed by atoms with van der Waals surface area (Å²) < 4.78 is 0. The fraction of sp³-hybridized carbons (Fsp3) is 0.459. The van der Waals surface area contributed by atoms with Gasteiger partial charge in [-0.3, -0.25) is 9.59 Å². The number of aryl methyl sites for hydroxylation is 2. The number of fused-ring (bicyclic) bond motifs is 14. The Bertz CT molecular complexity index is 2180. The van der Waals surface area contributed by atoms with Crippen LogP contribution in [0.5, 0.6) is 0 Å². The van der Waals surface area contributed by atoms with Crippen molar-refractivity contribution in [2.45, 2.75) is 73.3 Å². The predicted octanol–water partition coefficient (Wildman–Crippen LogP) is 4.23. The third-order valence-electron chi connectivity index (χ3n) is 13.3. The van der Waals surface area contributed by atoms with E-state index in [1.54, 1.807) is 0 Å². The van der Waals surface area contributed by atoms with E-state index >= 15 is 0 Å². The molecule has 2 saturated carbocycles. The van der Waals surface area contributed by atoms with Crippen LogP contribution in [-0.4, -0.2) is 81.0 Å². The number of pyridine rings is 2. The lowest BCUT2D eigenvalue weighted by atomic mass is 9.65. The van der Waals surface area contributed by atoms with Crippen LogP contribution in [0, 0.1) is 0 Å². The van der Waals surface area contributed by atoms with Crippen LogP contribution in [0.1, 0.15) is 80.0 Å². The van der Waals surface area contributed by atoms with Gasteiger partial charge in [-0.2, -0.15) is 0 Å². The van der Waals surface area contributed by atoms with Crippen LogP contribution in [-0.2, 0) is 36.5 Å². The molecule has 0 radical (unpaired) electrons. The van der Waals surface area contributed by atoms with Crippen molar-refractivity contribution < 1.29 is 9.59 Å². The van der Waals surface area contributed by atoms with E-state index in [1.807, 2.05) is 24.5 Å². The number of carbonyl (C=O) groups is 2. The Kier molecular flexibility index (Phi) is 5.54. The molecule has 49 heavy (non-hydrogen) atoms. The fourth-order valence-corrected chi connectivity index (χ4v) is 10.8. The third-order valence-corrected chi connectivity index (χ3v) is 13.7. The number of aromatic nitrogens is 4. The lowest BCUT2D eigenvalue weighted by Gasteiger charge is -2.55. The minimum absolute atomic E-state index is 0.0320. The molecule has 8 heterocycles. The Labute approximate surface area is 293 Å². The molecule has 4 aliphatic heterocycles. The van der Waals surface area contributed by atoms with Crippen molar-refractivity contribution in [3.05, 3.63) is 79.6 Å². The van der Waals surface area contributed by atoms with Crippen LogP contribution in [0.2, 0.25) is 10.3 Å². The number of hydrogen-bond donors (Lipinski definition) is 5. The highest BCUT2D eigenvalue weighted by Crippen LogP contribution is 2.60. The molecule has 2 saturated heterocycles. The number of hydrogen-bond acceptors (Lipinski definition) is 6. The molecule has 0 atom stereocenters. The van der Waals surface area contributed by atoms with Crippen molar-refractivity contribution in [3.63, 3.8) is 0 Å². The summed E-state index contributed by atoms with van der Waals surface area (Å²) in [4.78, 5) is 44.0. The summed E-state index contributed by atoms with van der Waals surface area (Å²) in [7, 11) is 2.15. The van der Waals surface area contributed by atoms with Crippen molar-refractivity contribution in [2.75, 3.05) is 33.2 Å². The molecular weight excluding hydrogens is 659 g/mol. The van der Waals surface area contributed by atoms with E-state index in [-0.39, 0.29) is 33.7 Å². The zero-order chi connectivity index (χ0) is 33.1. The molecule has 0 aromatic carbocycles. The maximum absolute atomic E-state index is 13.0. The highest BCUT2D eigenvalue weighted by Gasteiger charge is 2.69. The summed E-state index contributed by atoms with van der Waals surface area (Å²) in [5, 5.41) is 11.2. The molecule has 0 bridgehead atoms. The van der Waals surface area contributed by atoms with E-state index in [1.165, 1.54) is 11.1 Å². The van der Waals surface area contributed by atoms with E-state index in [9.17, 15) is 9.59 Å². The number of nitrogens with zero attached hydrogens (tertiary/aromatic N) is 3. The number of amides is 2. The molecule has 5 N–H and O–H groups in total. The first kappa shape index (κ1) is 29.1. The van der Waals surface area contributed by atoms with E-state index in [2.05, 4.69) is 47.8 Å². The topological polar surface area (TPSA) is 131 Å². The Morgan fingerprint density at radius 3 is 1.59 bits per heavy atom. The number of aromatic amines is 2. The van der Waals surface area contributed by atoms with Gasteiger partial charge in [-0.25, -0.2) is 9.97 Å². The number of carbonyl (C=O) groups excluding carboxylic acids is 2. The minimum atomic E-state index is -0.0332. The van der Waals surface area contributed by atoms with Gasteiger partial charge in [0.2, 0.25) is 0 Å². The first-order valence-corrected chi connectivity index (χ1v) is 18.3. The largest absolute Gasteiger partial charge is 0.357 e. The van der Waals surface area contributed by atoms with Crippen molar-refractivity contribution in [3.8, 4) is 22.5 Å². The number of likely N-dealkylation sites (N-methyl/N-ethyl adjacent to an activating group) is 1. The second kappa shape index (κ2) is 9.34. The molecule has 12 rings (SSSR count). The molecule has 2 amide bonds. The third kappa shape index (κ3) is 3.60. The van der Waals surface area contributed by atoms with Gasteiger partial charge in [-0.15, -0.1) is 0 Å². The molecular formula is C37H36Cl2N8O2. The second-order valence-corrected chi connectivity index (χ2v) is 16.6. The van der Waals surface area contributed by atoms with Gasteiger partial charge in [0.25, 0.3) is 11.8 Å². The van der Waals surface area contributed by atoms with E-state index in [4.69, 9.17) is 23.2 Å². The van der Waals surface area contributed by atoms with Crippen molar-refractivity contribution in [2.24, 2.45) is 0 Å². The van der Waals surface area contributed by atoms with E-state index < -0.39 is 0 Å². The number of likely N-dealkylation sites (tertiary alicyclic amines) is 1. The lowest BCUT2D eigenvalue weighted by Crippen LogP contribution is -2.71. The van der Waals surface area contributed by atoms with Gasteiger partial charge in [0, 0.05) is 61.1 Å². The fourth-order valence-electron chi connectivity index (χ4n) is 10.5. The number of nitrogens with one attached hydrogen (secondary N) is 5. The zero-order valence-corrected chi connectivity index (χ0v) is 28.7. The molecule has 4 aromatic rings. The van der Waals surface area contributed by atoms with E-state index in [0.717, 1.165) is 134 Å². The SMILES string of the molecule is CN1CC2(C1)c1[nH]c3c(c1C(=O)NC21CC1)CCc1cnc(Cl)cc1-3.O=C1NC2(CC2)C2(CNC2)c2[nH]c3c(c21)CCc1cnc(Cl)cc1-3. The Hall–Kier alpha value is -3.70. The highest BCUT2D eigenvalue weighted by molar-refractivity contribution is 6.30. The Balaban J connectivity index is 0.000000118. The van der Waals surface area contributed by atoms with Gasteiger partial charge in [0.05, 0.1) is 44.4 Å². The molecule has 4 fully saturated rings. The number of H-pyrrole nitrogens is 2. The summed E-state index contributed by atoms with van der Waals surface area (Å²) in [6.45, 7) is 3.88. The van der Waals surface area contributed by atoms with Crippen LogP contribution >= 0.6 is 23.2 Å². The maximum atomic E-state index is 13.0. The quantitative estimate of drug-likeness (QED) is 0.175. The number of rotatable bonds is 0. The molecule has 4 aromatic heterocycles. The Morgan fingerprint density at radius 1 is 0.694 bits per heavy atom. The summed E-state index contributed by atoms with van der Waals surface area (Å²) in [5.74, 6) is 0.204. The van der Waals surface area contributed by atoms with Crippen LogP contribution in [0.3, 0.4) is 0 Å². The van der Waals surface area contributed by atoms with Gasteiger partial charge < -0.3 is 30.8 Å². The van der Waals surface area contributed by atoms with Crippen molar-refractivity contribution in [1.82, 2.24) is 40.8 Å². The normalized spacial score (nSPS) is 24.1. The standard InChI is InChI=1S/C19H19ClN4O.C18H17ClN4O/c1-24-8-18(9-24)16-14(17(25)23-19(18)4-5-19)11-3-2-10-7-21-13(20)6-12(10)15(11)22-16;19-12-5-11-9(6-21-12)1-2-10-13-15(22-14(10)11)17(7-20-8-17)18(3-4-18)23-16(13)24/h6-7,22H,2-5,8-9H2,1H3,(H,23,25);5-6,20,22H,1-4,7-8H2,(H,23,24). The average Bonchev–Trinajstić information content (AvgIpc) is 3.90. The average molecular weight is 696 g/mol. The van der Waals surface area contributed by atoms with Gasteiger partial charge in [-0.05, 0) is 92.8 Å². The summed E-state index contributed by atoms with van der Waals surface area (Å²) in [6, 6.07) is 3.86. The van der Waals surface area contributed by atoms with Gasteiger partial charge in [0.15, 0.2) is 0 Å². The zero-order valence-electron chi connectivity index (χ0n) is 27.2. The van der Waals surface area contributed by atoms with Crippen molar-refractivity contribution in [1.29, 1.82) is 0 Å². The first-order valence-electron chi connectivity index (χ1n) is 17.5.